The summed E-state index contributed by atoms with van der Waals surface area (Å²) in [6.07, 6.45) is 2.01. The van der Waals surface area contributed by atoms with E-state index in [9.17, 15) is 13.5 Å². The van der Waals surface area contributed by atoms with Crippen molar-refractivity contribution in [1.29, 1.82) is 0 Å². The lowest BCUT2D eigenvalue weighted by Gasteiger charge is -2.19. The Morgan fingerprint density at radius 3 is 2.53 bits per heavy atom. The molecule has 0 saturated heterocycles. The quantitative estimate of drug-likeness (QED) is 0.877. The van der Waals surface area contributed by atoms with Gasteiger partial charge in [0, 0.05) is 11.3 Å². The first kappa shape index (κ1) is 12.3. The second kappa shape index (κ2) is 3.68. The smallest absolute Gasteiger partial charge is 0.203 e. The lowest BCUT2D eigenvalue weighted by atomic mass is 9.97. The summed E-state index contributed by atoms with van der Waals surface area (Å²) in [4.78, 5) is 0.732. The molecule has 0 saturated carbocycles. The molecule has 0 bridgehead atoms. The first-order valence-electron chi connectivity index (χ1n) is 5.49. The van der Waals surface area contributed by atoms with Crippen LogP contribution in [0.5, 0.6) is 0 Å². The van der Waals surface area contributed by atoms with E-state index >= 15 is 0 Å². The second-order valence-corrected chi connectivity index (χ2v) is 7.14. The standard InChI is InChI=1S/C13H16O3S/c1-9-7-10-5-4-6-11(8-13(2,3)14)12(10)17(9,15)16/h4-7,14H,8H2,1-3H3. The van der Waals surface area contributed by atoms with Gasteiger partial charge in [0.05, 0.1) is 10.5 Å². The first-order chi connectivity index (χ1) is 7.72. The van der Waals surface area contributed by atoms with Crippen molar-refractivity contribution in [1.82, 2.24) is 0 Å². The SMILES string of the molecule is CC1=Cc2cccc(CC(C)(C)O)c2S1(=O)=O. The van der Waals surface area contributed by atoms with Gasteiger partial charge in [0.2, 0.25) is 9.84 Å². The van der Waals surface area contributed by atoms with Gasteiger partial charge in [-0.15, -0.1) is 0 Å². The van der Waals surface area contributed by atoms with Crippen LogP contribution in [0.2, 0.25) is 0 Å². The number of hydrogen-bond donors (Lipinski definition) is 1. The number of fused-ring (bicyclic) bond motifs is 1. The molecule has 1 aliphatic rings. The Morgan fingerprint density at radius 2 is 1.94 bits per heavy atom. The Kier molecular flexibility index (Phi) is 2.67. The van der Waals surface area contributed by atoms with E-state index in [2.05, 4.69) is 0 Å². The number of aliphatic hydroxyl groups is 1. The van der Waals surface area contributed by atoms with E-state index in [0.29, 0.717) is 21.8 Å². The Morgan fingerprint density at radius 1 is 1.29 bits per heavy atom. The van der Waals surface area contributed by atoms with Gasteiger partial charge in [-0.05, 0) is 38.0 Å². The number of hydrogen-bond acceptors (Lipinski definition) is 3. The lowest BCUT2D eigenvalue weighted by Crippen LogP contribution is -2.23. The van der Waals surface area contributed by atoms with Crippen LogP contribution in [0.15, 0.2) is 28.0 Å². The number of rotatable bonds is 2. The predicted octanol–water partition coefficient (Wildman–Crippen LogP) is 2.15. The molecule has 1 heterocycles. The maximum absolute atomic E-state index is 12.1. The second-order valence-electron chi connectivity index (χ2n) is 5.08. The molecule has 0 aromatic heterocycles. The summed E-state index contributed by atoms with van der Waals surface area (Å²) in [5.74, 6) is 0. The number of sulfone groups is 1. The van der Waals surface area contributed by atoms with Crippen LogP contribution in [0.1, 0.15) is 31.9 Å². The van der Waals surface area contributed by atoms with Crippen molar-refractivity contribution in [3.05, 3.63) is 34.2 Å². The third-order valence-electron chi connectivity index (χ3n) is 2.80. The van der Waals surface area contributed by atoms with E-state index < -0.39 is 15.4 Å². The normalized spacial score (nSPS) is 17.8. The third-order valence-corrected chi connectivity index (χ3v) is 4.80. The summed E-state index contributed by atoms with van der Waals surface area (Å²) < 4.78 is 24.3. The zero-order valence-corrected chi connectivity index (χ0v) is 11.0. The van der Waals surface area contributed by atoms with Crippen molar-refractivity contribution in [2.45, 2.75) is 37.7 Å². The molecule has 1 aliphatic heterocycles. The van der Waals surface area contributed by atoms with E-state index in [1.165, 1.54) is 0 Å². The van der Waals surface area contributed by atoms with E-state index in [1.54, 1.807) is 39.0 Å². The molecule has 4 heteroatoms. The molecule has 0 aliphatic carbocycles. The van der Waals surface area contributed by atoms with Gasteiger partial charge in [-0.1, -0.05) is 18.2 Å². The highest BCUT2D eigenvalue weighted by Gasteiger charge is 2.30. The predicted molar refractivity (Wildman–Crippen MR) is 67.3 cm³/mol. The molecule has 17 heavy (non-hydrogen) atoms. The Bertz CT molecular complexity index is 590. The Balaban J connectivity index is 2.60. The third kappa shape index (κ3) is 2.15. The van der Waals surface area contributed by atoms with E-state index in [0.717, 1.165) is 5.56 Å². The zero-order valence-electron chi connectivity index (χ0n) is 10.2. The molecular formula is C13H16O3S. The maximum Gasteiger partial charge on any atom is 0.203 e. The summed E-state index contributed by atoms with van der Waals surface area (Å²) in [6, 6.07) is 5.38. The van der Waals surface area contributed by atoms with Crippen molar-refractivity contribution < 1.29 is 13.5 Å². The highest BCUT2D eigenvalue weighted by molar-refractivity contribution is 7.95. The molecule has 92 valence electrons. The van der Waals surface area contributed by atoms with Crippen molar-refractivity contribution >= 4 is 15.9 Å². The lowest BCUT2D eigenvalue weighted by molar-refractivity contribution is 0.0803. The van der Waals surface area contributed by atoms with Gasteiger partial charge in [0.25, 0.3) is 0 Å². The van der Waals surface area contributed by atoms with Crippen molar-refractivity contribution in [3.63, 3.8) is 0 Å². The minimum atomic E-state index is -3.34. The van der Waals surface area contributed by atoms with Crippen LogP contribution in [0.3, 0.4) is 0 Å². The average molecular weight is 252 g/mol. The van der Waals surface area contributed by atoms with Crippen LogP contribution in [0.4, 0.5) is 0 Å². The molecule has 1 aromatic rings. The van der Waals surface area contributed by atoms with Crippen LogP contribution in [-0.4, -0.2) is 19.1 Å². The van der Waals surface area contributed by atoms with Crippen molar-refractivity contribution in [3.8, 4) is 0 Å². The molecule has 0 radical (unpaired) electrons. The zero-order chi connectivity index (χ0) is 12.8. The molecule has 1 N–H and O–H groups in total. The minimum Gasteiger partial charge on any atom is -0.390 e. The summed E-state index contributed by atoms with van der Waals surface area (Å²) in [5.41, 5.74) is 0.494. The first-order valence-corrected chi connectivity index (χ1v) is 6.98. The topological polar surface area (TPSA) is 54.4 Å². The van der Waals surface area contributed by atoms with Crippen LogP contribution in [0, 0.1) is 0 Å². The average Bonchev–Trinajstić information content (AvgIpc) is 2.36. The highest BCUT2D eigenvalue weighted by Crippen LogP contribution is 2.36. The molecule has 0 atom stereocenters. The molecule has 2 rings (SSSR count). The fraction of sp³-hybridized carbons (Fsp3) is 0.385. The van der Waals surface area contributed by atoms with Crippen LogP contribution >= 0.6 is 0 Å². The van der Waals surface area contributed by atoms with Gasteiger partial charge < -0.3 is 5.11 Å². The van der Waals surface area contributed by atoms with Crippen LogP contribution in [-0.2, 0) is 16.3 Å². The van der Waals surface area contributed by atoms with E-state index in [1.807, 2.05) is 6.07 Å². The monoisotopic (exact) mass is 252 g/mol. The largest absolute Gasteiger partial charge is 0.390 e. The molecule has 3 nitrogen and oxygen atoms in total. The summed E-state index contributed by atoms with van der Waals surface area (Å²) in [7, 11) is -3.34. The van der Waals surface area contributed by atoms with Gasteiger partial charge in [0.1, 0.15) is 0 Å². The van der Waals surface area contributed by atoms with E-state index in [4.69, 9.17) is 0 Å². The van der Waals surface area contributed by atoms with Gasteiger partial charge in [0.15, 0.2) is 0 Å². The molecule has 0 unspecified atom stereocenters. The summed E-state index contributed by atoms with van der Waals surface area (Å²) >= 11 is 0. The molecule has 0 fully saturated rings. The summed E-state index contributed by atoms with van der Waals surface area (Å²) in [6.45, 7) is 4.95. The highest BCUT2D eigenvalue weighted by atomic mass is 32.2. The van der Waals surface area contributed by atoms with Crippen molar-refractivity contribution in [2.75, 3.05) is 0 Å². The Labute approximate surface area is 102 Å². The molecule has 0 amide bonds. The maximum atomic E-state index is 12.1. The fourth-order valence-electron chi connectivity index (χ4n) is 2.11. The minimum absolute atomic E-state index is 0.330. The number of benzene rings is 1. The van der Waals surface area contributed by atoms with Crippen LogP contribution < -0.4 is 0 Å². The van der Waals surface area contributed by atoms with Gasteiger partial charge >= 0.3 is 0 Å². The van der Waals surface area contributed by atoms with Gasteiger partial charge in [-0.3, -0.25) is 0 Å². The summed E-state index contributed by atoms with van der Waals surface area (Å²) in [5, 5.41) is 9.83. The van der Waals surface area contributed by atoms with Crippen LogP contribution in [0.25, 0.3) is 6.08 Å². The van der Waals surface area contributed by atoms with Crippen molar-refractivity contribution in [2.24, 2.45) is 0 Å². The molecule has 1 aromatic carbocycles. The van der Waals surface area contributed by atoms with E-state index in [-0.39, 0.29) is 0 Å². The Hall–Kier alpha value is -1.13. The van der Waals surface area contributed by atoms with Gasteiger partial charge in [-0.25, -0.2) is 8.42 Å². The molecule has 0 spiro atoms. The fourth-order valence-corrected chi connectivity index (χ4v) is 3.64. The van der Waals surface area contributed by atoms with Gasteiger partial charge in [-0.2, -0.15) is 0 Å². The number of allylic oxidation sites excluding steroid dienone is 1. The molecular weight excluding hydrogens is 236 g/mol.